The predicted molar refractivity (Wildman–Crippen MR) is 103 cm³/mol. The highest BCUT2D eigenvalue weighted by atomic mass is 79.9. The molecule has 6 nitrogen and oxygen atoms in total. The van der Waals surface area contributed by atoms with Crippen molar-refractivity contribution in [3.05, 3.63) is 58.1 Å². The predicted octanol–water partition coefficient (Wildman–Crippen LogP) is 4.75. The smallest absolute Gasteiger partial charge is 0.307 e. The highest BCUT2D eigenvalue weighted by Crippen LogP contribution is 2.38. The second-order valence-corrected chi connectivity index (χ2v) is 9.19. The number of benzene rings is 2. The van der Waals surface area contributed by atoms with Crippen molar-refractivity contribution in [1.82, 2.24) is 5.32 Å². The molecule has 2 N–H and O–H groups in total. The standard InChI is InChI=1S/C16H9Br2F5N2O4S/c17-8-6-7(30(28,29)16(22,23)14(18)21)4-5-11(8)24-15(27)25-13(26)12-9(19)2-1-3-10(12)20/h1-6,14H,(H2,24,25,26,27). The second-order valence-electron chi connectivity index (χ2n) is 5.51. The van der Waals surface area contributed by atoms with Crippen molar-refractivity contribution in [3.63, 3.8) is 0 Å². The van der Waals surface area contributed by atoms with Crippen molar-refractivity contribution < 1.29 is 40.0 Å². The largest absolute Gasteiger partial charge is 0.390 e. The molecule has 0 aliphatic heterocycles. The van der Waals surface area contributed by atoms with Gasteiger partial charge in [-0.1, -0.05) is 6.07 Å². The summed E-state index contributed by atoms with van der Waals surface area (Å²) in [6.07, 6.45) is 0. The number of alkyl halides is 4. The molecule has 1 unspecified atom stereocenters. The number of carbonyl (C=O) groups is 2. The Balaban J connectivity index is 2.21. The van der Waals surface area contributed by atoms with Crippen LogP contribution in [0.25, 0.3) is 0 Å². The lowest BCUT2D eigenvalue weighted by atomic mass is 10.2. The van der Waals surface area contributed by atoms with Crippen LogP contribution in [0.3, 0.4) is 0 Å². The van der Waals surface area contributed by atoms with E-state index in [1.807, 2.05) is 15.9 Å². The number of carbonyl (C=O) groups excluding carboxylic acids is 2. The lowest BCUT2D eigenvalue weighted by Gasteiger charge is -2.18. The van der Waals surface area contributed by atoms with Crippen LogP contribution in [0, 0.1) is 11.6 Å². The number of halogens is 7. The molecule has 162 valence electrons. The molecule has 2 rings (SSSR count). The maximum atomic E-state index is 13.6. The minimum Gasteiger partial charge on any atom is -0.307 e. The molecule has 0 saturated heterocycles. The zero-order valence-corrected chi connectivity index (χ0v) is 18.2. The number of rotatable bonds is 5. The molecule has 0 spiro atoms. The molecule has 0 fully saturated rings. The Morgan fingerprint density at radius 1 is 1.07 bits per heavy atom. The summed E-state index contributed by atoms with van der Waals surface area (Å²) in [6, 6.07) is 3.57. The lowest BCUT2D eigenvalue weighted by molar-refractivity contribution is 0.0487. The number of anilines is 1. The maximum absolute atomic E-state index is 13.6. The minimum absolute atomic E-state index is 0.188. The van der Waals surface area contributed by atoms with Crippen LogP contribution in [0.4, 0.5) is 32.4 Å². The normalized spacial score (nSPS) is 12.9. The van der Waals surface area contributed by atoms with E-state index < -0.39 is 54.2 Å². The fourth-order valence-corrected chi connectivity index (χ4v) is 4.51. The van der Waals surface area contributed by atoms with Gasteiger partial charge in [0.05, 0.1) is 10.6 Å². The number of imide groups is 1. The van der Waals surface area contributed by atoms with Crippen molar-refractivity contribution in [2.24, 2.45) is 0 Å². The Morgan fingerprint density at radius 2 is 1.63 bits per heavy atom. The fourth-order valence-electron chi connectivity index (χ4n) is 2.07. The van der Waals surface area contributed by atoms with Gasteiger partial charge in [0.15, 0.2) is 0 Å². The summed E-state index contributed by atoms with van der Waals surface area (Å²) in [5.41, 5.74) is -1.20. The quantitative estimate of drug-likeness (QED) is 0.395. The third kappa shape index (κ3) is 4.81. The Kier molecular flexibility index (Phi) is 7.24. The summed E-state index contributed by atoms with van der Waals surface area (Å²) in [5.74, 6) is -3.82. The number of urea groups is 1. The van der Waals surface area contributed by atoms with Crippen molar-refractivity contribution in [2.45, 2.75) is 15.2 Å². The van der Waals surface area contributed by atoms with Gasteiger partial charge in [-0.05, 0) is 62.2 Å². The van der Waals surface area contributed by atoms with Crippen molar-refractivity contribution in [2.75, 3.05) is 5.32 Å². The van der Waals surface area contributed by atoms with Crippen LogP contribution < -0.4 is 10.6 Å². The third-order valence-electron chi connectivity index (χ3n) is 3.53. The highest BCUT2D eigenvalue weighted by Gasteiger charge is 2.53. The summed E-state index contributed by atoms with van der Waals surface area (Å²) in [5, 5.41) is -4.22. The van der Waals surface area contributed by atoms with E-state index in [-0.39, 0.29) is 10.2 Å². The Bertz CT molecular complexity index is 1090. The molecule has 0 heterocycles. The van der Waals surface area contributed by atoms with Crippen LogP contribution in [0.2, 0.25) is 0 Å². The van der Waals surface area contributed by atoms with Gasteiger partial charge in [-0.2, -0.15) is 8.78 Å². The zero-order chi connectivity index (χ0) is 22.9. The maximum Gasteiger partial charge on any atom is 0.390 e. The van der Waals surface area contributed by atoms with Gasteiger partial charge in [0.2, 0.25) is 14.9 Å². The Labute approximate surface area is 183 Å². The van der Waals surface area contributed by atoms with Crippen molar-refractivity contribution >= 4 is 59.3 Å². The molecule has 14 heteroatoms. The van der Waals surface area contributed by atoms with E-state index in [1.165, 1.54) is 0 Å². The summed E-state index contributed by atoms with van der Waals surface area (Å²) >= 11 is 4.73. The van der Waals surface area contributed by atoms with Crippen molar-refractivity contribution in [3.8, 4) is 0 Å². The molecule has 2 aromatic rings. The van der Waals surface area contributed by atoms with E-state index in [0.29, 0.717) is 12.1 Å². The third-order valence-corrected chi connectivity index (χ3v) is 6.86. The van der Waals surface area contributed by atoms with Crippen LogP contribution >= 0.6 is 31.9 Å². The molecule has 0 aromatic heterocycles. The Morgan fingerprint density at radius 3 is 2.13 bits per heavy atom. The van der Waals surface area contributed by atoms with E-state index in [1.54, 1.807) is 5.32 Å². The Hall–Kier alpha value is -2.06. The molecule has 1 atom stereocenters. The number of hydrogen-bond donors (Lipinski definition) is 2. The molecular formula is C16H9Br2F5N2O4S. The summed E-state index contributed by atoms with van der Waals surface area (Å²) in [6.45, 7) is 0. The molecule has 0 radical (unpaired) electrons. The van der Waals surface area contributed by atoms with Crippen molar-refractivity contribution in [1.29, 1.82) is 0 Å². The highest BCUT2D eigenvalue weighted by molar-refractivity contribution is 9.10. The van der Waals surface area contributed by atoms with Gasteiger partial charge >= 0.3 is 11.3 Å². The summed E-state index contributed by atoms with van der Waals surface area (Å²) < 4.78 is 90.9. The minimum atomic E-state index is -5.42. The molecule has 3 amide bonds. The van der Waals surface area contributed by atoms with Gasteiger partial charge in [0.1, 0.15) is 17.2 Å². The average molecular weight is 580 g/mol. The summed E-state index contributed by atoms with van der Waals surface area (Å²) in [7, 11) is -5.42. The van der Waals surface area contributed by atoms with Gasteiger partial charge in [-0.15, -0.1) is 0 Å². The van der Waals surface area contributed by atoms with Crippen LogP contribution in [0.1, 0.15) is 10.4 Å². The van der Waals surface area contributed by atoms with Gasteiger partial charge in [-0.25, -0.2) is 26.4 Å². The molecular weight excluding hydrogens is 571 g/mol. The van der Waals surface area contributed by atoms with Gasteiger partial charge in [-0.3, -0.25) is 10.1 Å². The van der Waals surface area contributed by atoms with Crippen LogP contribution in [-0.4, -0.2) is 30.7 Å². The molecule has 2 aromatic carbocycles. The van der Waals surface area contributed by atoms with E-state index >= 15 is 0 Å². The fraction of sp³-hybridized carbons (Fsp3) is 0.125. The lowest BCUT2D eigenvalue weighted by Crippen LogP contribution is -2.36. The zero-order valence-electron chi connectivity index (χ0n) is 14.2. The van der Waals surface area contributed by atoms with Crippen LogP contribution in [-0.2, 0) is 9.84 Å². The second kappa shape index (κ2) is 8.98. The molecule has 0 aliphatic rings. The number of sulfone groups is 1. The van der Waals surface area contributed by atoms with E-state index in [0.717, 1.165) is 24.3 Å². The molecule has 0 aliphatic carbocycles. The van der Waals surface area contributed by atoms with E-state index in [9.17, 15) is 40.0 Å². The molecule has 30 heavy (non-hydrogen) atoms. The molecule has 0 bridgehead atoms. The van der Waals surface area contributed by atoms with Gasteiger partial charge < -0.3 is 5.32 Å². The van der Waals surface area contributed by atoms with Crippen LogP contribution in [0.15, 0.2) is 45.8 Å². The first kappa shape index (κ1) is 24.2. The first-order valence-corrected chi connectivity index (χ1v) is 10.7. The number of nitrogens with one attached hydrogen (secondary N) is 2. The van der Waals surface area contributed by atoms with E-state index in [4.69, 9.17) is 0 Å². The topological polar surface area (TPSA) is 92.3 Å². The monoisotopic (exact) mass is 578 g/mol. The first-order chi connectivity index (χ1) is 13.8. The SMILES string of the molecule is O=C(NC(=O)c1c(F)cccc1F)Nc1ccc(S(=O)(=O)C(F)(F)C(F)Br)cc1Br. The van der Waals surface area contributed by atoms with Crippen LogP contribution in [0.5, 0.6) is 0 Å². The molecule has 0 saturated carbocycles. The van der Waals surface area contributed by atoms with Gasteiger partial charge in [0, 0.05) is 4.47 Å². The number of hydrogen-bond acceptors (Lipinski definition) is 4. The van der Waals surface area contributed by atoms with Gasteiger partial charge in [0.25, 0.3) is 5.91 Å². The summed E-state index contributed by atoms with van der Waals surface area (Å²) in [4.78, 5) is 22.8. The first-order valence-electron chi connectivity index (χ1n) is 7.55. The average Bonchev–Trinajstić information content (AvgIpc) is 2.62. The van der Waals surface area contributed by atoms with E-state index in [2.05, 4.69) is 21.2 Å². The number of amides is 3.